The zero-order chi connectivity index (χ0) is 50.6. The highest BCUT2D eigenvalue weighted by Crippen LogP contribution is 2.39. The number of hydrogen-bond acceptors (Lipinski definition) is 15. The minimum atomic E-state index is -2.43. The molecule has 1 aromatic rings. The minimum Gasteiger partial charge on any atom is -0.460 e. The van der Waals surface area contributed by atoms with Gasteiger partial charge in [-0.15, -0.1) is 5.10 Å². The van der Waals surface area contributed by atoms with E-state index in [4.69, 9.17) is 23.7 Å². The minimum absolute atomic E-state index is 0.0170. The van der Waals surface area contributed by atoms with E-state index in [1.54, 1.807) is 52.1 Å². The molecule has 1 amide bonds. The van der Waals surface area contributed by atoms with Crippen LogP contribution < -0.4 is 0 Å². The Labute approximate surface area is 408 Å². The Balaban J connectivity index is 1.46. The quantitative estimate of drug-likeness (QED) is 0.181. The van der Waals surface area contributed by atoms with Crippen molar-refractivity contribution >= 4 is 29.2 Å². The zero-order valence-corrected chi connectivity index (χ0v) is 42.5. The van der Waals surface area contributed by atoms with Crippen molar-refractivity contribution in [3.8, 4) is 0 Å². The number of Topliss-reactive ketones (excluding diaryl/α,β-unsaturated/α-hetero) is 3. The Hall–Kier alpha value is -4.26. The van der Waals surface area contributed by atoms with Gasteiger partial charge in [-0.1, -0.05) is 71.1 Å². The number of tetrazole rings is 1. The van der Waals surface area contributed by atoms with Crippen molar-refractivity contribution in [2.24, 2.45) is 35.5 Å². The first-order valence-electron chi connectivity index (χ1n) is 25.0. The first-order chi connectivity index (χ1) is 32.8. The molecule has 3 fully saturated rings. The standard InChI is InChI=1S/C52H79N5O12/c1-31-16-12-11-13-17-32(2)43(65-8)28-39-21-19-37(7)52(64,69-39)49(61)50(62)56-23-15-14-18-41(56)51(63)68-44(34(4)26-38-20-22-40(45(27-38)66-9)57-30-53-54-55-57)29-42(58)33(3)25-36(6)47(60)48(67-10)46(59)35(5)24-31/h11-13,16-17,25,30-31,33-35,37-41,43-45,47-48,60,64H,14-15,18-24,26-29H2,1-10H3/b13-11+,16-12+,32-17+,36-25+/t31-,33-,34-,35-,37?,38+,39-,40-,41+,43+,44+,45-,47-,48+,52?/m1/s1. The van der Waals surface area contributed by atoms with Gasteiger partial charge in [-0.25, -0.2) is 9.48 Å². The molecule has 384 valence electrons. The molecule has 69 heavy (non-hydrogen) atoms. The number of aliphatic hydroxyl groups excluding tert-OH is 1. The van der Waals surface area contributed by atoms with Crippen molar-refractivity contribution in [3.63, 3.8) is 0 Å². The van der Waals surface area contributed by atoms with E-state index in [0.29, 0.717) is 56.9 Å². The van der Waals surface area contributed by atoms with E-state index in [1.165, 1.54) is 12.0 Å². The molecule has 0 aromatic carbocycles. The van der Waals surface area contributed by atoms with Gasteiger partial charge in [0.25, 0.3) is 11.7 Å². The van der Waals surface area contributed by atoms with Crippen LogP contribution in [0.1, 0.15) is 132 Å². The highest BCUT2D eigenvalue weighted by molar-refractivity contribution is 6.39. The van der Waals surface area contributed by atoms with Gasteiger partial charge >= 0.3 is 5.97 Å². The van der Waals surface area contributed by atoms with E-state index in [-0.39, 0.29) is 60.9 Å². The van der Waals surface area contributed by atoms with E-state index in [0.717, 1.165) is 18.4 Å². The van der Waals surface area contributed by atoms with E-state index < -0.39 is 77.8 Å². The number of hydrogen-bond donors (Lipinski definition) is 2. The maximum absolute atomic E-state index is 14.5. The molecule has 15 atom stereocenters. The number of ketones is 3. The maximum Gasteiger partial charge on any atom is 0.329 e. The molecule has 2 unspecified atom stereocenters. The predicted octanol–water partition coefficient (Wildman–Crippen LogP) is 6.05. The van der Waals surface area contributed by atoms with Crippen molar-refractivity contribution in [1.29, 1.82) is 0 Å². The molecule has 5 rings (SSSR count). The van der Waals surface area contributed by atoms with E-state index >= 15 is 0 Å². The Morgan fingerprint density at radius 1 is 0.884 bits per heavy atom. The summed E-state index contributed by atoms with van der Waals surface area (Å²) in [5, 5.41) is 35.2. The van der Waals surface area contributed by atoms with Gasteiger partial charge in [-0.3, -0.25) is 19.2 Å². The molecule has 0 spiro atoms. The summed E-state index contributed by atoms with van der Waals surface area (Å²) in [6.07, 6.45) is 13.9. The van der Waals surface area contributed by atoms with Crippen molar-refractivity contribution in [2.45, 2.75) is 180 Å². The number of ether oxygens (including phenoxy) is 5. The van der Waals surface area contributed by atoms with Gasteiger partial charge in [0.2, 0.25) is 5.79 Å². The molecular formula is C52H79N5O12. The van der Waals surface area contributed by atoms with Crippen LogP contribution in [0.4, 0.5) is 0 Å². The lowest BCUT2D eigenvalue weighted by Crippen LogP contribution is -2.61. The summed E-state index contributed by atoms with van der Waals surface area (Å²) in [6, 6.07) is -1.19. The van der Waals surface area contributed by atoms with Gasteiger partial charge in [-0.05, 0) is 117 Å². The maximum atomic E-state index is 14.5. The number of nitrogens with zero attached hydrogens (tertiary/aromatic N) is 5. The van der Waals surface area contributed by atoms with E-state index in [9.17, 15) is 34.2 Å². The fourth-order valence-electron chi connectivity index (χ4n) is 10.7. The predicted molar refractivity (Wildman–Crippen MR) is 256 cm³/mol. The first kappa shape index (κ1) is 55.7. The normalized spacial score (nSPS) is 38.8. The third kappa shape index (κ3) is 14.2. The lowest BCUT2D eigenvalue weighted by Gasteiger charge is -2.42. The third-order valence-electron chi connectivity index (χ3n) is 15.2. The third-order valence-corrected chi connectivity index (χ3v) is 15.2. The average molecular weight is 966 g/mol. The van der Waals surface area contributed by atoms with Crippen LogP contribution in [-0.2, 0) is 47.7 Å². The number of carbonyl (C=O) groups excluding carboxylic acids is 5. The fourth-order valence-corrected chi connectivity index (χ4v) is 10.7. The molecule has 1 saturated carbocycles. The van der Waals surface area contributed by atoms with Gasteiger partial charge in [0.1, 0.15) is 36.5 Å². The van der Waals surface area contributed by atoms with Gasteiger partial charge in [0, 0.05) is 58.5 Å². The molecule has 4 heterocycles. The number of aromatic nitrogens is 4. The van der Waals surface area contributed by atoms with Gasteiger partial charge in [0.05, 0.1) is 24.4 Å². The van der Waals surface area contributed by atoms with Crippen LogP contribution in [0.5, 0.6) is 0 Å². The number of piperidine rings is 1. The molecule has 2 bridgehead atoms. The van der Waals surface area contributed by atoms with Crippen molar-refractivity contribution in [1.82, 2.24) is 25.1 Å². The van der Waals surface area contributed by atoms with Crippen molar-refractivity contribution in [2.75, 3.05) is 27.9 Å². The Morgan fingerprint density at radius 3 is 2.32 bits per heavy atom. The number of carbonyl (C=O) groups is 5. The SMILES string of the molecule is CO[C@H]1C[C@H]2CCC(C)C(O)(O2)C(=O)C(=O)N2CCCC[C@H]2C(=O)O[C@H]([C@H](C)C[C@@H]2CC[C@@H](n3cnnn3)[C@H](OC)C2)CC(=O)[C@H](C)/C=C(\C)[C@@H](O)[C@@H](OC)C(=O)[C@H](C)C[C@H](C)/C=C/C=C/C=C/1C. The molecule has 17 heteroatoms. The fraction of sp³-hybridized carbons (Fsp3) is 0.731. The monoisotopic (exact) mass is 966 g/mol. The second kappa shape index (κ2) is 25.7. The Morgan fingerprint density at radius 2 is 1.64 bits per heavy atom. The number of cyclic esters (lactones) is 1. The highest BCUT2D eigenvalue weighted by Gasteiger charge is 2.53. The number of aliphatic hydroxyl groups is 2. The zero-order valence-electron chi connectivity index (χ0n) is 42.5. The highest BCUT2D eigenvalue weighted by atomic mass is 16.6. The van der Waals surface area contributed by atoms with Crippen LogP contribution >= 0.6 is 0 Å². The lowest BCUT2D eigenvalue weighted by atomic mass is 9.77. The average Bonchev–Trinajstić information content (AvgIpc) is 3.88. The number of allylic oxidation sites excluding steroid dienone is 6. The number of amides is 1. The van der Waals surface area contributed by atoms with Gasteiger partial charge < -0.3 is 38.8 Å². The molecule has 1 aliphatic carbocycles. The van der Waals surface area contributed by atoms with Gasteiger partial charge in [0.15, 0.2) is 5.78 Å². The molecule has 0 radical (unpaired) electrons. The van der Waals surface area contributed by atoms with E-state index in [2.05, 4.69) is 15.5 Å². The van der Waals surface area contributed by atoms with Crippen LogP contribution in [-0.4, -0.2) is 141 Å². The summed E-state index contributed by atoms with van der Waals surface area (Å²) in [4.78, 5) is 72.3. The summed E-state index contributed by atoms with van der Waals surface area (Å²) in [6.45, 7) is 12.8. The summed E-state index contributed by atoms with van der Waals surface area (Å²) in [5.41, 5.74) is 1.27. The summed E-state index contributed by atoms with van der Waals surface area (Å²) in [5.74, 6) is -7.92. The van der Waals surface area contributed by atoms with Crippen molar-refractivity contribution in [3.05, 3.63) is 53.9 Å². The molecule has 17 nitrogen and oxygen atoms in total. The Kier molecular flexibility index (Phi) is 20.8. The van der Waals surface area contributed by atoms with E-state index in [1.807, 2.05) is 58.1 Å². The molecule has 1 aromatic heterocycles. The lowest BCUT2D eigenvalue weighted by molar-refractivity contribution is -0.265. The molecule has 4 aliphatic rings. The number of fused-ring (bicyclic) bond motifs is 3. The molecule has 2 saturated heterocycles. The van der Waals surface area contributed by atoms with Crippen LogP contribution in [0.15, 0.2) is 53.9 Å². The summed E-state index contributed by atoms with van der Waals surface area (Å²) in [7, 11) is 4.62. The van der Waals surface area contributed by atoms with Gasteiger partial charge in [-0.2, -0.15) is 0 Å². The number of methoxy groups -OCH3 is 3. The van der Waals surface area contributed by atoms with Crippen molar-refractivity contribution < 1.29 is 57.9 Å². The molecule has 2 N–H and O–H groups in total. The van der Waals surface area contributed by atoms with Crippen LogP contribution in [0.25, 0.3) is 0 Å². The number of esters is 1. The van der Waals surface area contributed by atoms with Crippen LogP contribution in [0, 0.1) is 35.5 Å². The Bertz CT molecular complexity index is 2020. The second-order valence-corrected chi connectivity index (χ2v) is 20.4. The topological polar surface area (TPSA) is 219 Å². The largest absolute Gasteiger partial charge is 0.460 e. The second-order valence-electron chi connectivity index (χ2n) is 20.4. The summed E-state index contributed by atoms with van der Waals surface area (Å²) < 4.78 is 31.6. The van der Waals surface area contributed by atoms with Crippen LogP contribution in [0.3, 0.4) is 0 Å². The smallest absolute Gasteiger partial charge is 0.329 e. The first-order valence-corrected chi connectivity index (χ1v) is 25.0. The number of rotatable bonds is 7. The summed E-state index contributed by atoms with van der Waals surface area (Å²) >= 11 is 0. The molecular weight excluding hydrogens is 887 g/mol. The van der Waals surface area contributed by atoms with Crippen LogP contribution in [0.2, 0.25) is 0 Å². The molecule has 3 aliphatic heterocycles.